The molecule has 0 unspecified atom stereocenters. The van der Waals surface area contributed by atoms with E-state index in [9.17, 15) is 4.79 Å². The predicted molar refractivity (Wildman–Crippen MR) is 63.5 cm³/mol. The monoisotopic (exact) mass is 224 g/mol. The van der Waals surface area contributed by atoms with E-state index < -0.39 is 5.97 Å². The van der Waals surface area contributed by atoms with Crippen LogP contribution in [0.5, 0.6) is 0 Å². The lowest BCUT2D eigenvalue weighted by Gasteiger charge is -2.10. The highest BCUT2D eigenvalue weighted by molar-refractivity contribution is 8.00. The van der Waals surface area contributed by atoms with Crippen molar-refractivity contribution < 1.29 is 9.90 Å². The zero-order valence-electron chi connectivity index (χ0n) is 9.28. The van der Waals surface area contributed by atoms with Gasteiger partial charge in [0.05, 0.1) is 6.42 Å². The Labute approximate surface area is 94.7 Å². The lowest BCUT2D eigenvalue weighted by Crippen LogP contribution is -2.02. The molecule has 0 radical (unpaired) electrons. The van der Waals surface area contributed by atoms with Crippen molar-refractivity contribution in [2.45, 2.75) is 37.3 Å². The summed E-state index contributed by atoms with van der Waals surface area (Å²) >= 11 is 1.71. The fourth-order valence-corrected chi connectivity index (χ4v) is 2.32. The maximum absolute atomic E-state index is 10.7. The molecule has 0 aliphatic rings. The lowest BCUT2D eigenvalue weighted by atomic mass is 10.1. The Morgan fingerprint density at radius 2 is 2.13 bits per heavy atom. The molecule has 15 heavy (non-hydrogen) atoms. The van der Waals surface area contributed by atoms with E-state index in [0.717, 1.165) is 16.0 Å². The van der Waals surface area contributed by atoms with Crippen molar-refractivity contribution >= 4 is 17.7 Å². The third-order valence-corrected chi connectivity index (χ3v) is 3.04. The standard InChI is InChI=1S/C12H16O2S/c1-8(2)15-11-5-4-9(3)6-10(11)7-12(13)14/h4-6,8H,7H2,1-3H3,(H,13,14). The van der Waals surface area contributed by atoms with Gasteiger partial charge in [-0.3, -0.25) is 4.79 Å². The summed E-state index contributed by atoms with van der Waals surface area (Å²) in [4.78, 5) is 11.8. The summed E-state index contributed by atoms with van der Waals surface area (Å²) in [6, 6.07) is 5.99. The molecule has 0 heterocycles. The molecule has 0 amide bonds. The van der Waals surface area contributed by atoms with Gasteiger partial charge in [0.15, 0.2) is 0 Å². The van der Waals surface area contributed by atoms with E-state index in [-0.39, 0.29) is 6.42 Å². The van der Waals surface area contributed by atoms with Crippen LogP contribution >= 0.6 is 11.8 Å². The Bertz CT molecular complexity index is 359. The molecule has 0 fully saturated rings. The number of thioether (sulfide) groups is 1. The van der Waals surface area contributed by atoms with E-state index >= 15 is 0 Å². The van der Waals surface area contributed by atoms with Crippen LogP contribution in [0.3, 0.4) is 0 Å². The number of aryl methyl sites for hydroxylation is 1. The molecule has 0 saturated carbocycles. The number of carboxylic acid groups (broad SMARTS) is 1. The molecule has 1 aromatic carbocycles. The molecule has 2 nitrogen and oxygen atoms in total. The average Bonchev–Trinajstić information content (AvgIpc) is 2.08. The average molecular weight is 224 g/mol. The van der Waals surface area contributed by atoms with Gasteiger partial charge in [-0.1, -0.05) is 31.5 Å². The third kappa shape index (κ3) is 3.96. The SMILES string of the molecule is Cc1ccc(SC(C)C)c(CC(=O)O)c1. The van der Waals surface area contributed by atoms with Crippen LogP contribution in [0, 0.1) is 6.92 Å². The predicted octanol–water partition coefficient (Wildman–Crippen LogP) is 3.12. The van der Waals surface area contributed by atoms with E-state index in [1.54, 1.807) is 11.8 Å². The van der Waals surface area contributed by atoms with Gasteiger partial charge in [-0.2, -0.15) is 0 Å². The van der Waals surface area contributed by atoms with Crippen LogP contribution in [0.15, 0.2) is 23.1 Å². The van der Waals surface area contributed by atoms with Crippen LogP contribution < -0.4 is 0 Å². The maximum atomic E-state index is 10.7. The molecular weight excluding hydrogens is 208 g/mol. The summed E-state index contributed by atoms with van der Waals surface area (Å²) in [5.74, 6) is -0.772. The molecule has 1 rings (SSSR count). The summed E-state index contributed by atoms with van der Waals surface area (Å²) in [6.45, 7) is 6.19. The summed E-state index contributed by atoms with van der Waals surface area (Å²) in [6.07, 6.45) is 0.108. The van der Waals surface area contributed by atoms with Crippen molar-refractivity contribution in [3.63, 3.8) is 0 Å². The highest BCUT2D eigenvalue weighted by atomic mass is 32.2. The van der Waals surface area contributed by atoms with Gasteiger partial charge >= 0.3 is 5.97 Å². The number of rotatable bonds is 4. The molecule has 1 N–H and O–H groups in total. The van der Waals surface area contributed by atoms with Crippen molar-refractivity contribution in [1.29, 1.82) is 0 Å². The molecule has 0 aliphatic carbocycles. The van der Waals surface area contributed by atoms with Gasteiger partial charge in [-0.05, 0) is 18.6 Å². The van der Waals surface area contributed by atoms with Gasteiger partial charge in [0, 0.05) is 10.1 Å². The second kappa shape index (κ2) is 5.21. The van der Waals surface area contributed by atoms with Crippen LogP contribution in [-0.2, 0) is 11.2 Å². The second-order valence-electron chi connectivity index (χ2n) is 3.85. The quantitative estimate of drug-likeness (QED) is 0.798. The molecule has 0 atom stereocenters. The minimum atomic E-state index is -0.772. The lowest BCUT2D eigenvalue weighted by molar-refractivity contribution is -0.136. The summed E-state index contributed by atoms with van der Waals surface area (Å²) in [7, 11) is 0. The molecule has 3 heteroatoms. The van der Waals surface area contributed by atoms with Gasteiger partial charge in [-0.15, -0.1) is 11.8 Å². The number of aliphatic carboxylic acids is 1. The van der Waals surface area contributed by atoms with E-state index in [0.29, 0.717) is 5.25 Å². The minimum Gasteiger partial charge on any atom is -0.481 e. The Hall–Kier alpha value is -0.960. The van der Waals surface area contributed by atoms with Crippen molar-refractivity contribution in [1.82, 2.24) is 0 Å². The van der Waals surface area contributed by atoms with Crippen LogP contribution in [0.4, 0.5) is 0 Å². The van der Waals surface area contributed by atoms with Crippen molar-refractivity contribution in [3.05, 3.63) is 29.3 Å². The molecule has 0 saturated heterocycles. The normalized spacial score (nSPS) is 10.7. The van der Waals surface area contributed by atoms with E-state index in [4.69, 9.17) is 5.11 Å². The molecular formula is C12H16O2S. The van der Waals surface area contributed by atoms with Crippen molar-refractivity contribution in [3.8, 4) is 0 Å². The highest BCUT2D eigenvalue weighted by Crippen LogP contribution is 2.27. The Kier molecular flexibility index (Phi) is 4.21. The Morgan fingerprint density at radius 3 is 2.67 bits per heavy atom. The van der Waals surface area contributed by atoms with E-state index in [1.165, 1.54) is 0 Å². The first-order valence-electron chi connectivity index (χ1n) is 4.97. The fraction of sp³-hybridized carbons (Fsp3) is 0.417. The van der Waals surface area contributed by atoms with Crippen LogP contribution in [0.2, 0.25) is 0 Å². The minimum absolute atomic E-state index is 0.108. The van der Waals surface area contributed by atoms with Gasteiger partial charge < -0.3 is 5.11 Å². The van der Waals surface area contributed by atoms with Gasteiger partial charge in [0.25, 0.3) is 0 Å². The van der Waals surface area contributed by atoms with Crippen LogP contribution in [0.25, 0.3) is 0 Å². The molecule has 1 aromatic rings. The van der Waals surface area contributed by atoms with Crippen molar-refractivity contribution in [2.75, 3.05) is 0 Å². The number of carboxylic acids is 1. The first-order valence-corrected chi connectivity index (χ1v) is 5.85. The summed E-state index contributed by atoms with van der Waals surface area (Å²) < 4.78 is 0. The zero-order valence-corrected chi connectivity index (χ0v) is 10.1. The Balaban J connectivity index is 2.97. The second-order valence-corrected chi connectivity index (χ2v) is 5.47. The van der Waals surface area contributed by atoms with Crippen molar-refractivity contribution in [2.24, 2.45) is 0 Å². The fourth-order valence-electron chi connectivity index (χ4n) is 1.38. The van der Waals surface area contributed by atoms with Crippen LogP contribution in [-0.4, -0.2) is 16.3 Å². The smallest absolute Gasteiger partial charge is 0.307 e. The largest absolute Gasteiger partial charge is 0.481 e. The van der Waals surface area contributed by atoms with Gasteiger partial charge in [0.1, 0.15) is 0 Å². The number of carbonyl (C=O) groups is 1. The zero-order chi connectivity index (χ0) is 11.4. The summed E-state index contributed by atoms with van der Waals surface area (Å²) in [5.41, 5.74) is 2.03. The Morgan fingerprint density at radius 1 is 1.47 bits per heavy atom. The molecule has 0 spiro atoms. The molecule has 82 valence electrons. The van der Waals surface area contributed by atoms with Gasteiger partial charge in [-0.25, -0.2) is 0 Å². The van der Waals surface area contributed by atoms with E-state index in [2.05, 4.69) is 13.8 Å². The number of benzene rings is 1. The number of hydrogen-bond acceptors (Lipinski definition) is 2. The number of hydrogen-bond donors (Lipinski definition) is 1. The maximum Gasteiger partial charge on any atom is 0.307 e. The first kappa shape index (κ1) is 12.1. The third-order valence-electron chi connectivity index (χ3n) is 1.92. The van der Waals surface area contributed by atoms with E-state index in [1.807, 2.05) is 25.1 Å². The highest BCUT2D eigenvalue weighted by Gasteiger charge is 2.08. The summed E-state index contributed by atoms with van der Waals surface area (Å²) in [5, 5.41) is 9.28. The molecule has 0 aromatic heterocycles. The van der Waals surface area contributed by atoms with Gasteiger partial charge in [0.2, 0.25) is 0 Å². The first-order chi connectivity index (χ1) is 6.99. The molecule has 0 aliphatic heterocycles. The molecule has 0 bridgehead atoms. The van der Waals surface area contributed by atoms with Crippen LogP contribution in [0.1, 0.15) is 25.0 Å². The topological polar surface area (TPSA) is 37.3 Å².